The van der Waals surface area contributed by atoms with Crippen LogP contribution in [-0.4, -0.2) is 72.5 Å². The van der Waals surface area contributed by atoms with Crippen molar-refractivity contribution >= 4 is 34.4 Å². The Morgan fingerprint density at radius 3 is 2.46 bits per heavy atom. The number of ether oxygens (including phenoxy) is 1. The molecule has 2 aromatic carbocycles. The third-order valence-corrected chi connectivity index (χ3v) is 7.09. The molecule has 2 amide bonds. The second-order valence-electron chi connectivity index (χ2n) is 10.1. The number of nitrogens with zero attached hydrogens (tertiary/aromatic N) is 3. The highest BCUT2D eigenvalue weighted by molar-refractivity contribution is 6.09. The molecule has 7 nitrogen and oxygen atoms in total. The first kappa shape index (κ1) is 25.0. The number of methoxy groups -OCH3 is 1. The summed E-state index contributed by atoms with van der Waals surface area (Å²) in [6.45, 7) is 6.87. The summed E-state index contributed by atoms with van der Waals surface area (Å²) in [6, 6.07) is 16.1. The smallest absolute Gasteiger partial charge is 0.254 e. The van der Waals surface area contributed by atoms with Crippen LogP contribution in [0.5, 0.6) is 5.75 Å². The zero-order valence-corrected chi connectivity index (χ0v) is 21.8. The van der Waals surface area contributed by atoms with Crippen LogP contribution < -0.4 is 10.1 Å². The molecule has 1 aliphatic carbocycles. The number of fused-ring (bicyclic) bond motifs is 2. The van der Waals surface area contributed by atoms with Gasteiger partial charge in [-0.3, -0.25) is 14.5 Å². The first-order valence-electron chi connectivity index (χ1n) is 13.0. The molecule has 0 unspecified atom stereocenters. The largest absolute Gasteiger partial charge is 0.497 e. The lowest BCUT2D eigenvalue weighted by Gasteiger charge is -2.35. The molecule has 0 bridgehead atoms. The van der Waals surface area contributed by atoms with E-state index in [0.717, 1.165) is 57.5 Å². The number of allylic oxidation sites excluding steroid dienone is 1. The Kier molecular flexibility index (Phi) is 7.24. The van der Waals surface area contributed by atoms with Gasteiger partial charge >= 0.3 is 0 Å². The number of benzene rings is 2. The lowest BCUT2D eigenvalue weighted by molar-refractivity contribution is -0.123. The summed E-state index contributed by atoms with van der Waals surface area (Å²) in [5.41, 5.74) is 5.84. The summed E-state index contributed by atoms with van der Waals surface area (Å²) in [5.74, 6) is 0.919. The fourth-order valence-corrected chi connectivity index (χ4v) is 5.26. The molecular weight excluding hydrogens is 464 g/mol. The van der Waals surface area contributed by atoms with E-state index in [4.69, 9.17) is 9.72 Å². The highest BCUT2D eigenvalue weighted by atomic mass is 16.5. The minimum atomic E-state index is 0.0314. The van der Waals surface area contributed by atoms with E-state index in [-0.39, 0.29) is 17.9 Å². The van der Waals surface area contributed by atoms with Crippen molar-refractivity contribution in [3.8, 4) is 5.75 Å². The molecular formula is C30H34N4O3. The Morgan fingerprint density at radius 2 is 1.76 bits per heavy atom. The molecule has 7 heteroatoms. The van der Waals surface area contributed by atoms with Gasteiger partial charge in [-0.1, -0.05) is 30.3 Å². The van der Waals surface area contributed by atoms with Gasteiger partial charge in [-0.2, -0.15) is 0 Å². The third kappa shape index (κ3) is 5.37. The number of para-hydroxylation sites is 1. The normalized spacial score (nSPS) is 16.9. The van der Waals surface area contributed by atoms with Crippen LogP contribution in [0.1, 0.15) is 47.4 Å². The van der Waals surface area contributed by atoms with Gasteiger partial charge in [0, 0.05) is 37.6 Å². The third-order valence-electron chi connectivity index (χ3n) is 7.09. The van der Waals surface area contributed by atoms with Crippen molar-refractivity contribution < 1.29 is 14.3 Å². The minimum absolute atomic E-state index is 0.0314. The fraction of sp³-hybridized carbons (Fsp3) is 0.367. The van der Waals surface area contributed by atoms with Crippen LogP contribution in [-0.2, 0) is 11.2 Å². The first-order valence-corrected chi connectivity index (χ1v) is 13.0. The molecule has 2 aliphatic rings. The van der Waals surface area contributed by atoms with E-state index >= 15 is 0 Å². The van der Waals surface area contributed by atoms with Crippen LogP contribution in [0.4, 0.5) is 0 Å². The van der Waals surface area contributed by atoms with Crippen LogP contribution in [0.2, 0.25) is 0 Å². The van der Waals surface area contributed by atoms with E-state index in [1.54, 1.807) is 7.11 Å². The summed E-state index contributed by atoms with van der Waals surface area (Å²) in [5, 5.41) is 3.86. The molecule has 0 saturated carbocycles. The maximum atomic E-state index is 14.0. The van der Waals surface area contributed by atoms with Crippen molar-refractivity contribution in [1.82, 2.24) is 20.1 Å². The van der Waals surface area contributed by atoms with Gasteiger partial charge in [-0.15, -0.1) is 0 Å². The van der Waals surface area contributed by atoms with Crippen molar-refractivity contribution in [2.24, 2.45) is 0 Å². The van der Waals surface area contributed by atoms with Gasteiger partial charge in [-0.25, -0.2) is 4.98 Å². The molecule has 1 fully saturated rings. The van der Waals surface area contributed by atoms with E-state index in [9.17, 15) is 9.59 Å². The van der Waals surface area contributed by atoms with Crippen LogP contribution in [0.15, 0.2) is 48.5 Å². The number of carbonyl (C=O) groups is 2. The molecule has 1 aliphatic heterocycles. The number of hydrogen-bond acceptors (Lipinski definition) is 5. The molecule has 0 spiro atoms. The summed E-state index contributed by atoms with van der Waals surface area (Å²) in [6.07, 6.45) is 3.82. The maximum absolute atomic E-state index is 14.0. The number of aromatic nitrogens is 1. The fourth-order valence-electron chi connectivity index (χ4n) is 5.26. The lowest BCUT2D eigenvalue weighted by atomic mass is 9.99. The lowest BCUT2D eigenvalue weighted by Crippen LogP contribution is -2.51. The molecule has 2 heterocycles. The second kappa shape index (κ2) is 10.7. The molecule has 1 saturated heterocycles. The van der Waals surface area contributed by atoms with Crippen LogP contribution >= 0.6 is 0 Å². The topological polar surface area (TPSA) is 74.8 Å². The van der Waals surface area contributed by atoms with Crippen molar-refractivity contribution in [2.45, 2.75) is 32.7 Å². The first-order chi connectivity index (χ1) is 17.9. The number of rotatable bonds is 6. The van der Waals surface area contributed by atoms with Crippen molar-refractivity contribution in [2.75, 3.05) is 39.8 Å². The minimum Gasteiger partial charge on any atom is -0.497 e. The number of carbonyl (C=O) groups excluding carboxylic acids is 2. The molecule has 1 aromatic heterocycles. The van der Waals surface area contributed by atoms with Crippen LogP contribution in [0.3, 0.4) is 0 Å². The SMILES string of the molecule is COc1ccc(/C=C2\CCc3c2nc2ccccc2c3C(=O)N2CCN(CC(=O)NC(C)C)CC2)cc1. The highest BCUT2D eigenvalue weighted by Crippen LogP contribution is 2.38. The maximum Gasteiger partial charge on any atom is 0.254 e. The molecule has 3 aromatic rings. The van der Waals surface area contributed by atoms with Gasteiger partial charge in [0.15, 0.2) is 0 Å². The highest BCUT2D eigenvalue weighted by Gasteiger charge is 2.31. The van der Waals surface area contributed by atoms with Crippen LogP contribution in [0.25, 0.3) is 22.6 Å². The van der Waals surface area contributed by atoms with E-state index in [0.29, 0.717) is 32.7 Å². The average molecular weight is 499 g/mol. The summed E-state index contributed by atoms with van der Waals surface area (Å²) < 4.78 is 5.29. The predicted molar refractivity (Wildman–Crippen MR) is 147 cm³/mol. The van der Waals surface area contributed by atoms with Crippen molar-refractivity contribution in [3.63, 3.8) is 0 Å². The van der Waals surface area contributed by atoms with Crippen molar-refractivity contribution in [1.29, 1.82) is 0 Å². The molecule has 0 radical (unpaired) electrons. The van der Waals surface area contributed by atoms with E-state index in [1.807, 2.05) is 67.3 Å². The average Bonchev–Trinajstić information content (AvgIpc) is 3.29. The Labute approximate surface area is 218 Å². The molecule has 1 N–H and O–H groups in total. The Balaban J connectivity index is 1.41. The number of pyridine rings is 1. The number of nitrogens with one attached hydrogen (secondary N) is 1. The summed E-state index contributed by atoms with van der Waals surface area (Å²) in [4.78, 5) is 35.2. The Hall–Kier alpha value is -3.71. The van der Waals surface area contributed by atoms with E-state index < -0.39 is 0 Å². The van der Waals surface area contributed by atoms with Crippen molar-refractivity contribution in [3.05, 3.63) is 70.9 Å². The molecule has 5 rings (SSSR count). The number of hydrogen-bond donors (Lipinski definition) is 1. The zero-order chi connectivity index (χ0) is 25.9. The van der Waals surface area contributed by atoms with Gasteiger partial charge in [0.25, 0.3) is 5.91 Å². The summed E-state index contributed by atoms with van der Waals surface area (Å²) >= 11 is 0. The van der Waals surface area contributed by atoms with Gasteiger partial charge in [0.05, 0.1) is 30.4 Å². The zero-order valence-electron chi connectivity index (χ0n) is 21.8. The monoisotopic (exact) mass is 498 g/mol. The summed E-state index contributed by atoms with van der Waals surface area (Å²) in [7, 11) is 1.66. The van der Waals surface area contributed by atoms with Gasteiger partial charge in [0.1, 0.15) is 5.75 Å². The predicted octanol–water partition coefficient (Wildman–Crippen LogP) is 4.01. The van der Waals surface area contributed by atoms with Gasteiger partial charge in [0.2, 0.25) is 5.91 Å². The number of piperazine rings is 1. The quantitative estimate of drug-likeness (QED) is 0.556. The second-order valence-corrected chi connectivity index (χ2v) is 10.1. The molecule has 0 atom stereocenters. The molecule has 37 heavy (non-hydrogen) atoms. The van der Waals surface area contributed by atoms with E-state index in [1.165, 1.54) is 0 Å². The standard InChI is InChI=1S/C30H34N4O3/c1-20(2)31-27(35)19-33-14-16-34(17-15-33)30(36)28-24-6-4-5-7-26(24)32-29-22(10-13-25(28)29)18-21-8-11-23(37-3)12-9-21/h4-9,11-12,18,20H,10,13-17,19H2,1-3H3,(H,31,35)/b22-18+. The van der Waals surface area contributed by atoms with Crippen LogP contribution in [0, 0.1) is 0 Å². The van der Waals surface area contributed by atoms with Gasteiger partial charge < -0.3 is 15.0 Å². The Morgan fingerprint density at radius 1 is 1.03 bits per heavy atom. The van der Waals surface area contributed by atoms with Gasteiger partial charge in [-0.05, 0) is 67.7 Å². The molecule has 192 valence electrons. The number of amides is 2. The Bertz CT molecular complexity index is 1340. The van der Waals surface area contributed by atoms with E-state index in [2.05, 4.69) is 16.3 Å².